The topological polar surface area (TPSA) is 127 Å². The van der Waals surface area contributed by atoms with E-state index in [-0.39, 0.29) is 29.4 Å². The Morgan fingerprint density at radius 2 is 2.09 bits per heavy atom. The van der Waals surface area contributed by atoms with Gasteiger partial charge in [0, 0.05) is 18.7 Å². The summed E-state index contributed by atoms with van der Waals surface area (Å²) in [5.41, 5.74) is -0.373. The monoisotopic (exact) mass is 332 g/mol. The van der Waals surface area contributed by atoms with Gasteiger partial charge < -0.3 is 9.84 Å². The quantitative estimate of drug-likeness (QED) is 0.560. The van der Waals surface area contributed by atoms with E-state index < -0.39 is 27.3 Å². The molecule has 0 heterocycles. The molecule has 0 aliphatic heterocycles. The van der Waals surface area contributed by atoms with Crippen LogP contribution >= 0.6 is 0 Å². The Kier molecular flexibility index (Phi) is 5.69. The summed E-state index contributed by atoms with van der Waals surface area (Å²) in [6.45, 7) is 1.05. The zero-order valence-electron chi connectivity index (χ0n) is 12.1. The number of aliphatic carboxylic acids is 1. The van der Waals surface area contributed by atoms with Crippen LogP contribution in [0.25, 0.3) is 0 Å². The maximum absolute atomic E-state index is 12.2. The molecule has 1 rings (SSSR count). The van der Waals surface area contributed by atoms with Crippen LogP contribution < -0.4 is 9.04 Å². The Labute approximate surface area is 127 Å². The lowest BCUT2D eigenvalue weighted by Crippen LogP contribution is -2.34. The number of nitro groups is 1. The molecule has 22 heavy (non-hydrogen) atoms. The van der Waals surface area contributed by atoms with Crippen molar-refractivity contribution >= 4 is 27.4 Å². The highest BCUT2D eigenvalue weighted by atomic mass is 32.2. The SMILES string of the molecule is CCS(=O)(=O)N(CCC(=O)O)c1cc([N+](=O)[O-])ccc1OC. The van der Waals surface area contributed by atoms with Crippen molar-refractivity contribution in [1.82, 2.24) is 0 Å². The molecule has 0 spiro atoms. The molecule has 122 valence electrons. The number of hydrogen-bond acceptors (Lipinski definition) is 6. The number of sulfonamides is 1. The number of non-ortho nitro benzene ring substituents is 1. The number of hydrogen-bond donors (Lipinski definition) is 1. The number of ether oxygens (including phenoxy) is 1. The van der Waals surface area contributed by atoms with Crippen LogP contribution in [0.5, 0.6) is 5.75 Å². The first kappa shape index (κ1) is 17.7. The lowest BCUT2D eigenvalue weighted by Gasteiger charge is -2.24. The molecular weight excluding hydrogens is 316 g/mol. The summed E-state index contributed by atoms with van der Waals surface area (Å²) in [6, 6.07) is 3.50. The molecule has 10 heteroatoms. The number of nitro benzene ring substituents is 1. The summed E-state index contributed by atoms with van der Waals surface area (Å²) < 4.78 is 30.2. The average Bonchev–Trinajstić information content (AvgIpc) is 2.46. The summed E-state index contributed by atoms with van der Waals surface area (Å²) >= 11 is 0. The molecule has 0 bridgehead atoms. The van der Waals surface area contributed by atoms with E-state index >= 15 is 0 Å². The van der Waals surface area contributed by atoms with Crippen molar-refractivity contribution in [2.75, 3.05) is 23.7 Å². The van der Waals surface area contributed by atoms with E-state index in [9.17, 15) is 23.3 Å². The molecule has 9 nitrogen and oxygen atoms in total. The highest BCUT2D eigenvalue weighted by molar-refractivity contribution is 7.92. The maximum atomic E-state index is 12.2. The first-order valence-corrected chi connectivity index (χ1v) is 7.88. The van der Waals surface area contributed by atoms with E-state index in [0.717, 1.165) is 10.4 Å². The van der Waals surface area contributed by atoms with Gasteiger partial charge >= 0.3 is 5.97 Å². The van der Waals surface area contributed by atoms with Crippen molar-refractivity contribution in [3.05, 3.63) is 28.3 Å². The molecule has 0 aliphatic carbocycles. The summed E-state index contributed by atoms with van der Waals surface area (Å²) in [7, 11) is -2.53. The fourth-order valence-electron chi connectivity index (χ4n) is 1.75. The Morgan fingerprint density at radius 3 is 2.55 bits per heavy atom. The van der Waals surface area contributed by atoms with Crippen LogP contribution in [-0.2, 0) is 14.8 Å². The zero-order valence-corrected chi connectivity index (χ0v) is 12.9. The van der Waals surface area contributed by atoms with Gasteiger partial charge in [-0.2, -0.15) is 0 Å². The van der Waals surface area contributed by atoms with Crippen LogP contribution in [0, 0.1) is 10.1 Å². The molecule has 0 atom stereocenters. The van der Waals surface area contributed by atoms with E-state index in [1.807, 2.05) is 0 Å². The van der Waals surface area contributed by atoms with Crippen molar-refractivity contribution in [1.29, 1.82) is 0 Å². The number of methoxy groups -OCH3 is 1. The molecule has 0 fully saturated rings. The van der Waals surface area contributed by atoms with Crippen molar-refractivity contribution in [2.45, 2.75) is 13.3 Å². The normalized spacial score (nSPS) is 11.0. The fraction of sp³-hybridized carbons (Fsp3) is 0.417. The third-order valence-electron chi connectivity index (χ3n) is 2.87. The first-order valence-electron chi connectivity index (χ1n) is 6.27. The third-order valence-corrected chi connectivity index (χ3v) is 4.65. The van der Waals surface area contributed by atoms with Gasteiger partial charge in [0.05, 0.1) is 24.2 Å². The maximum Gasteiger partial charge on any atom is 0.305 e. The van der Waals surface area contributed by atoms with Crippen molar-refractivity contribution < 1.29 is 28.0 Å². The number of carboxylic acid groups (broad SMARTS) is 1. The average molecular weight is 332 g/mol. The molecule has 0 saturated heterocycles. The standard InChI is InChI=1S/C12H16N2O7S/c1-3-22(19,20)13(7-6-12(15)16)10-8-9(14(17)18)4-5-11(10)21-2/h4-5,8H,3,6-7H2,1-2H3,(H,15,16). The van der Waals surface area contributed by atoms with E-state index in [1.165, 1.54) is 26.2 Å². The van der Waals surface area contributed by atoms with Crippen molar-refractivity contribution in [3.63, 3.8) is 0 Å². The second-order valence-corrected chi connectivity index (χ2v) is 6.41. The molecule has 1 aromatic rings. The van der Waals surface area contributed by atoms with Gasteiger partial charge in [-0.25, -0.2) is 8.42 Å². The van der Waals surface area contributed by atoms with Gasteiger partial charge in [-0.05, 0) is 13.0 Å². The Balaban J connectivity index is 3.42. The van der Waals surface area contributed by atoms with Gasteiger partial charge in [-0.3, -0.25) is 19.2 Å². The molecule has 0 unspecified atom stereocenters. The van der Waals surface area contributed by atoms with Gasteiger partial charge in [0.25, 0.3) is 5.69 Å². The first-order chi connectivity index (χ1) is 10.2. The van der Waals surface area contributed by atoms with Gasteiger partial charge in [0.15, 0.2) is 0 Å². The van der Waals surface area contributed by atoms with Crippen LogP contribution in [-0.4, -0.2) is 43.8 Å². The highest BCUT2D eigenvalue weighted by Gasteiger charge is 2.26. The molecular formula is C12H16N2O7S. The van der Waals surface area contributed by atoms with Gasteiger partial charge in [0.2, 0.25) is 10.0 Å². The largest absolute Gasteiger partial charge is 0.495 e. The summed E-state index contributed by atoms with van der Waals surface area (Å²) in [6.07, 6.45) is -0.439. The summed E-state index contributed by atoms with van der Waals surface area (Å²) in [4.78, 5) is 20.9. The zero-order chi connectivity index (χ0) is 16.9. The van der Waals surface area contributed by atoms with Gasteiger partial charge in [-0.1, -0.05) is 0 Å². The lowest BCUT2D eigenvalue weighted by molar-refractivity contribution is -0.384. The smallest absolute Gasteiger partial charge is 0.305 e. The predicted octanol–water partition coefficient (Wildman–Crippen LogP) is 1.23. The molecule has 0 aromatic heterocycles. The molecule has 0 amide bonds. The van der Waals surface area contributed by atoms with E-state index in [2.05, 4.69) is 0 Å². The second kappa shape index (κ2) is 7.07. The number of anilines is 1. The van der Waals surface area contributed by atoms with Crippen molar-refractivity contribution in [2.24, 2.45) is 0 Å². The lowest BCUT2D eigenvalue weighted by atomic mass is 10.2. The van der Waals surface area contributed by atoms with E-state index in [0.29, 0.717) is 0 Å². The minimum absolute atomic E-state index is 0.0557. The molecule has 0 aliphatic rings. The molecule has 1 aromatic carbocycles. The summed E-state index contributed by atoms with van der Waals surface area (Å²) in [5, 5.41) is 19.6. The fourth-order valence-corrected chi connectivity index (χ4v) is 2.87. The van der Waals surface area contributed by atoms with Gasteiger partial charge in [-0.15, -0.1) is 0 Å². The van der Waals surface area contributed by atoms with Gasteiger partial charge in [0.1, 0.15) is 11.4 Å². The molecule has 0 radical (unpaired) electrons. The number of carboxylic acids is 1. The number of benzene rings is 1. The van der Waals surface area contributed by atoms with Crippen LogP contribution in [0.3, 0.4) is 0 Å². The van der Waals surface area contributed by atoms with Crippen LogP contribution in [0.4, 0.5) is 11.4 Å². The third kappa shape index (κ3) is 4.07. The highest BCUT2D eigenvalue weighted by Crippen LogP contribution is 2.34. The van der Waals surface area contributed by atoms with Crippen LogP contribution in [0.1, 0.15) is 13.3 Å². The Bertz CT molecular complexity index is 672. The number of nitrogens with zero attached hydrogens (tertiary/aromatic N) is 2. The minimum Gasteiger partial charge on any atom is -0.495 e. The Hall–Kier alpha value is -2.36. The molecule has 1 N–H and O–H groups in total. The number of carbonyl (C=O) groups is 1. The Morgan fingerprint density at radius 1 is 1.45 bits per heavy atom. The van der Waals surface area contributed by atoms with Crippen LogP contribution in [0.2, 0.25) is 0 Å². The van der Waals surface area contributed by atoms with Crippen LogP contribution in [0.15, 0.2) is 18.2 Å². The van der Waals surface area contributed by atoms with Crippen molar-refractivity contribution in [3.8, 4) is 5.75 Å². The number of rotatable bonds is 8. The minimum atomic E-state index is -3.82. The van der Waals surface area contributed by atoms with E-state index in [4.69, 9.17) is 9.84 Å². The summed E-state index contributed by atoms with van der Waals surface area (Å²) in [5.74, 6) is -1.35. The van der Waals surface area contributed by atoms with E-state index in [1.54, 1.807) is 0 Å². The predicted molar refractivity (Wildman–Crippen MR) is 78.7 cm³/mol. The second-order valence-electron chi connectivity index (χ2n) is 4.23. The molecule has 0 saturated carbocycles.